The first-order chi connectivity index (χ1) is 16.1. The second-order valence-corrected chi connectivity index (χ2v) is 7.68. The first-order valence-corrected chi connectivity index (χ1v) is 10.1. The van der Waals surface area contributed by atoms with Crippen LogP contribution in [0.1, 0.15) is 22.0 Å². The van der Waals surface area contributed by atoms with Gasteiger partial charge in [-0.15, -0.1) is 0 Å². The molecule has 176 valence electrons. The molecule has 0 saturated carbocycles. The van der Waals surface area contributed by atoms with Crippen LogP contribution < -0.4 is 15.4 Å². The van der Waals surface area contributed by atoms with Crippen molar-refractivity contribution >= 4 is 11.8 Å². The van der Waals surface area contributed by atoms with Crippen LogP contribution in [0.3, 0.4) is 0 Å². The Morgan fingerprint density at radius 1 is 0.941 bits per heavy atom. The minimum Gasteiger partial charge on any atom is -0.457 e. The summed E-state index contributed by atoms with van der Waals surface area (Å²) in [4.78, 5) is 25.4. The van der Waals surface area contributed by atoms with Crippen LogP contribution in [0.4, 0.5) is 22.4 Å². The van der Waals surface area contributed by atoms with E-state index in [1.807, 2.05) is 0 Å². The minimum absolute atomic E-state index is 0.0893. The zero-order valence-corrected chi connectivity index (χ0v) is 17.3. The number of aliphatic hydroxyl groups is 1. The van der Waals surface area contributed by atoms with E-state index in [-0.39, 0.29) is 16.9 Å². The Bertz CT molecular complexity index is 1200. The third kappa shape index (κ3) is 4.44. The number of ether oxygens (including phenoxy) is 1. The zero-order valence-electron chi connectivity index (χ0n) is 17.3. The highest BCUT2D eigenvalue weighted by Gasteiger charge is 2.66. The van der Waals surface area contributed by atoms with Crippen LogP contribution in [0.2, 0.25) is 0 Å². The van der Waals surface area contributed by atoms with E-state index in [4.69, 9.17) is 4.74 Å². The average molecular weight is 474 g/mol. The van der Waals surface area contributed by atoms with Crippen molar-refractivity contribution in [3.63, 3.8) is 0 Å². The topological polar surface area (TPSA) is 87.7 Å². The largest absolute Gasteiger partial charge is 0.457 e. The summed E-state index contributed by atoms with van der Waals surface area (Å²) in [5, 5.41) is 14.4. The number of amides is 2. The Kier molecular flexibility index (Phi) is 6.01. The highest BCUT2D eigenvalue weighted by molar-refractivity contribution is 6.00. The average Bonchev–Trinajstić information content (AvgIpc) is 2.79. The predicted octanol–water partition coefficient (Wildman–Crippen LogP) is 4.72. The fourth-order valence-corrected chi connectivity index (χ4v) is 3.81. The number of benzene rings is 3. The van der Waals surface area contributed by atoms with Crippen LogP contribution in [0, 0.1) is 11.7 Å². The van der Waals surface area contributed by atoms with Crippen molar-refractivity contribution in [2.75, 3.05) is 0 Å². The van der Waals surface area contributed by atoms with Gasteiger partial charge in [0.15, 0.2) is 5.78 Å². The molecule has 3 N–H and O–H groups in total. The monoisotopic (exact) mass is 474 g/mol. The van der Waals surface area contributed by atoms with Crippen molar-refractivity contribution < 1.29 is 37.0 Å². The van der Waals surface area contributed by atoms with E-state index < -0.39 is 41.5 Å². The molecule has 3 atom stereocenters. The van der Waals surface area contributed by atoms with Crippen molar-refractivity contribution in [3.8, 4) is 11.5 Å². The predicted molar refractivity (Wildman–Crippen MR) is 113 cm³/mol. The van der Waals surface area contributed by atoms with Crippen molar-refractivity contribution in [1.82, 2.24) is 10.6 Å². The van der Waals surface area contributed by atoms with Gasteiger partial charge in [0.2, 0.25) is 5.72 Å². The molecular weight excluding hydrogens is 456 g/mol. The fraction of sp³-hybridized carbons (Fsp3) is 0.167. The molecule has 4 rings (SSSR count). The first kappa shape index (κ1) is 23.2. The maximum atomic E-state index is 14.0. The molecule has 3 aromatic rings. The van der Waals surface area contributed by atoms with E-state index in [0.29, 0.717) is 5.75 Å². The number of rotatable bonds is 5. The second kappa shape index (κ2) is 8.79. The number of urea groups is 1. The third-order valence-corrected chi connectivity index (χ3v) is 5.41. The summed E-state index contributed by atoms with van der Waals surface area (Å²) in [6.07, 6.45) is -5.40. The maximum Gasteiger partial charge on any atom is 0.437 e. The zero-order chi connectivity index (χ0) is 24.5. The summed E-state index contributed by atoms with van der Waals surface area (Å²) >= 11 is 0. The highest BCUT2D eigenvalue weighted by Crippen LogP contribution is 2.44. The molecule has 1 aliphatic rings. The number of alkyl halides is 3. The number of carbonyl (C=O) groups excluding carboxylic acids is 2. The second-order valence-electron chi connectivity index (χ2n) is 7.68. The van der Waals surface area contributed by atoms with Gasteiger partial charge in [0, 0.05) is 5.56 Å². The summed E-state index contributed by atoms with van der Waals surface area (Å²) in [5.74, 6) is -3.38. The smallest absolute Gasteiger partial charge is 0.437 e. The normalized spacial score (nSPS) is 22.4. The summed E-state index contributed by atoms with van der Waals surface area (Å²) in [6, 6.07) is 15.3. The Morgan fingerprint density at radius 2 is 1.59 bits per heavy atom. The lowest BCUT2D eigenvalue weighted by atomic mass is 9.77. The number of Topliss-reactive ketones (excluding diaryl/α,β-unsaturated/α-hetero) is 1. The summed E-state index contributed by atoms with van der Waals surface area (Å²) in [6.45, 7) is 0. The quantitative estimate of drug-likeness (QED) is 0.369. The van der Waals surface area contributed by atoms with Crippen molar-refractivity contribution in [2.24, 2.45) is 5.92 Å². The molecule has 1 fully saturated rings. The van der Waals surface area contributed by atoms with Crippen LogP contribution in [-0.4, -0.2) is 28.8 Å². The van der Waals surface area contributed by atoms with Gasteiger partial charge in [-0.2, -0.15) is 13.2 Å². The van der Waals surface area contributed by atoms with Crippen LogP contribution >= 0.6 is 0 Å². The van der Waals surface area contributed by atoms with Gasteiger partial charge >= 0.3 is 12.2 Å². The van der Waals surface area contributed by atoms with Gasteiger partial charge in [-0.3, -0.25) is 4.79 Å². The van der Waals surface area contributed by atoms with Crippen LogP contribution in [0.5, 0.6) is 11.5 Å². The molecule has 1 heterocycles. The van der Waals surface area contributed by atoms with E-state index >= 15 is 0 Å². The van der Waals surface area contributed by atoms with E-state index in [1.54, 1.807) is 36.4 Å². The molecule has 0 aliphatic carbocycles. The van der Waals surface area contributed by atoms with Gasteiger partial charge in [-0.05, 0) is 54.1 Å². The molecule has 3 aromatic carbocycles. The number of nitrogens with one attached hydrogen (secondary N) is 2. The van der Waals surface area contributed by atoms with Crippen LogP contribution in [0.15, 0.2) is 78.9 Å². The van der Waals surface area contributed by atoms with Gasteiger partial charge in [0.25, 0.3) is 0 Å². The summed E-state index contributed by atoms with van der Waals surface area (Å²) in [5.41, 5.74) is -4.07. The summed E-state index contributed by atoms with van der Waals surface area (Å²) in [7, 11) is 0. The lowest BCUT2D eigenvalue weighted by Gasteiger charge is -2.45. The number of hydrogen-bond acceptors (Lipinski definition) is 4. The standard InChI is InChI=1S/C24H18F4N2O4/c25-16-11-9-14(10-12-16)21(31)19-20(29-22(32)30-23(19,33)24(26,27)28)15-5-4-8-18(13-15)34-17-6-2-1-3-7-17/h1-13,19-20,33H,(H2,29,30,32)/t19-,20+,23+/m0/s1. The molecule has 0 radical (unpaired) electrons. The van der Waals surface area contributed by atoms with E-state index in [2.05, 4.69) is 5.32 Å². The van der Waals surface area contributed by atoms with Gasteiger partial charge in [0.1, 0.15) is 23.2 Å². The SMILES string of the molecule is O=C1N[C@H](c2cccc(Oc3ccccc3)c2)[C@@H](C(=O)c2ccc(F)cc2)[C@@](O)(C(F)(F)F)N1. The van der Waals surface area contributed by atoms with Gasteiger partial charge < -0.3 is 20.5 Å². The lowest BCUT2D eigenvalue weighted by molar-refractivity contribution is -0.287. The Hall–Kier alpha value is -3.92. The number of hydrogen-bond donors (Lipinski definition) is 3. The first-order valence-electron chi connectivity index (χ1n) is 10.1. The number of para-hydroxylation sites is 1. The highest BCUT2D eigenvalue weighted by atomic mass is 19.4. The molecule has 1 saturated heterocycles. The molecule has 2 amide bonds. The van der Waals surface area contributed by atoms with E-state index in [0.717, 1.165) is 24.3 Å². The van der Waals surface area contributed by atoms with Gasteiger partial charge in [-0.25, -0.2) is 9.18 Å². The van der Waals surface area contributed by atoms with Crippen LogP contribution in [-0.2, 0) is 0 Å². The molecule has 0 bridgehead atoms. The number of ketones is 1. The lowest BCUT2D eigenvalue weighted by Crippen LogP contribution is -2.72. The van der Waals surface area contributed by atoms with Gasteiger partial charge in [-0.1, -0.05) is 30.3 Å². The summed E-state index contributed by atoms with van der Waals surface area (Å²) < 4.78 is 61.1. The Balaban J connectivity index is 1.78. The Morgan fingerprint density at radius 3 is 2.24 bits per heavy atom. The van der Waals surface area contributed by atoms with Gasteiger partial charge in [0.05, 0.1) is 6.04 Å². The molecule has 34 heavy (non-hydrogen) atoms. The van der Waals surface area contributed by atoms with Crippen molar-refractivity contribution in [2.45, 2.75) is 17.9 Å². The maximum absolute atomic E-state index is 14.0. The molecular formula is C24H18F4N2O4. The number of carbonyl (C=O) groups is 2. The van der Waals surface area contributed by atoms with E-state index in [9.17, 15) is 32.3 Å². The molecule has 10 heteroatoms. The van der Waals surface area contributed by atoms with Crippen molar-refractivity contribution in [1.29, 1.82) is 0 Å². The molecule has 1 aliphatic heterocycles. The van der Waals surface area contributed by atoms with Crippen molar-refractivity contribution in [3.05, 3.63) is 95.8 Å². The van der Waals surface area contributed by atoms with E-state index in [1.165, 1.54) is 23.5 Å². The number of halogens is 4. The minimum atomic E-state index is -5.40. The third-order valence-electron chi connectivity index (χ3n) is 5.41. The Labute approximate surface area is 191 Å². The molecule has 0 unspecified atom stereocenters. The molecule has 6 nitrogen and oxygen atoms in total. The molecule has 0 aromatic heterocycles. The van der Waals surface area contributed by atoms with Crippen LogP contribution in [0.25, 0.3) is 0 Å². The fourth-order valence-electron chi connectivity index (χ4n) is 3.81. The molecule has 0 spiro atoms.